The molecule has 0 aliphatic heterocycles. The van der Waals surface area contributed by atoms with Crippen molar-refractivity contribution < 1.29 is 9.53 Å². The average Bonchev–Trinajstić information content (AvgIpc) is 1.95. The monoisotopic (exact) mass is 225 g/mol. The molecule has 2 aliphatic carbocycles. The van der Waals surface area contributed by atoms with Crippen LogP contribution in [0.1, 0.15) is 46.5 Å². The van der Waals surface area contributed by atoms with Crippen molar-refractivity contribution in [3.05, 3.63) is 0 Å². The number of hydrogen-bond acceptors (Lipinski definition) is 3. The van der Waals surface area contributed by atoms with Crippen molar-refractivity contribution in [3.8, 4) is 0 Å². The third kappa shape index (κ3) is 1.75. The van der Waals surface area contributed by atoms with Crippen LogP contribution in [0.25, 0.3) is 0 Å². The molecule has 92 valence electrons. The van der Waals surface area contributed by atoms with Crippen LogP contribution in [0.3, 0.4) is 0 Å². The molecule has 3 nitrogen and oxygen atoms in total. The molecule has 0 radical (unpaired) electrons. The summed E-state index contributed by atoms with van der Waals surface area (Å²) in [5, 5.41) is 0. The van der Waals surface area contributed by atoms with E-state index in [-0.39, 0.29) is 22.9 Å². The van der Waals surface area contributed by atoms with Gasteiger partial charge in [-0.05, 0) is 57.9 Å². The highest BCUT2D eigenvalue weighted by Crippen LogP contribution is 2.63. The molecule has 2 unspecified atom stereocenters. The number of rotatable bonds is 2. The molecule has 0 aromatic heterocycles. The second-order valence-corrected chi connectivity index (χ2v) is 6.34. The molecular weight excluding hydrogens is 202 g/mol. The van der Waals surface area contributed by atoms with E-state index >= 15 is 0 Å². The smallest absolute Gasteiger partial charge is 0.310 e. The van der Waals surface area contributed by atoms with Crippen LogP contribution >= 0.6 is 0 Å². The normalized spacial score (nSPS) is 31.8. The van der Waals surface area contributed by atoms with Crippen LogP contribution < -0.4 is 5.73 Å². The Labute approximate surface area is 97.7 Å². The van der Waals surface area contributed by atoms with Gasteiger partial charge in [0.05, 0.1) is 5.92 Å². The lowest BCUT2D eigenvalue weighted by Crippen LogP contribution is -2.59. The number of esters is 1. The van der Waals surface area contributed by atoms with Crippen molar-refractivity contribution in [2.24, 2.45) is 23.0 Å². The van der Waals surface area contributed by atoms with E-state index in [2.05, 4.69) is 0 Å². The fourth-order valence-corrected chi connectivity index (χ4v) is 3.25. The molecule has 2 rings (SSSR count). The minimum atomic E-state index is -0.365. The molecule has 0 bridgehead atoms. The summed E-state index contributed by atoms with van der Waals surface area (Å²) in [6, 6.07) is 0. The van der Waals surface area contributed by atoms with E-state index in [0.717, 1.165) is 13.0 Å². The van der Waals surface area contributed by atoms with Gasteiger partial charge in [0.2, 0.25) is 0 Å². The zero-order chi connectivity index (χ0) is 12.0. The average molecular weight is 225 g/mol. The Hall–Kier alpha value is -0.570. The summed E-state index contributed by atoms with van der Waals surface area (Å²) in [6.07, 6.45) is 4.51. The SMILES string of the molecule is CC(C)(C)OC(=O)C1CC(CN)C12CCC2. The zero-order valence-electron chi connectivity index (χ0n) is 10.6. The molecule has 0 aromatic rings. The van der Waals surface area contributed by atoms with Crippen molar-refractivity contribution >= 4 is 5.97 Å². The molecule has 0 amide bonds. The van der Waals surface area contributed by atoms with Crippen molar-refractivity contribution in [1.82, 2.24) is 0 Å². The molecule has 3 heteroatoms. The van der Waals surface area contributed by atoms with Gasteiger partial charge in [-0.3, -0.25) is 4.79 Å². The van der Waals surface area contributed by atoms with E-state index in [9.17, 15) is 4.79 Å². The molecular formula is C13H23NO2. The number of carbonyl (C=O) groups is 1. The van der Waals surface area contributed by atoms with Crippen LogP contribution in [0.4, 0.5) is 0 Å². The van der Waals surface area contributed by atoms with Gasteiger partial charge in [-0.1, -0.05) is 6.42 Å². The minimum Gasteiger partial charge on any atom is -0.460 e. The predicted molar refractivity (Wildman–Crippen MR) is 62.8 cm³/mol. The van der Waals surface area contributed by atoms with E-state index in [1.54, 1.807) is 0 Å². The van der Waals surface area contributed by atoms with Crippen molar-refractivity contribution in [1.29, 1.82) is 0 Å². The van der Waals surface area contributed by atoms with Crippen molar-refractivity contribution in [2.45, 2.75) is 52.1 Å². The van der Waals surface area contributed by atoms with Gasteiger partial charge in [-0.2, -0.15) is 0 Å². The zero-order valence-corrected chi connectivity index (χ0v) is 10.6. The third-order valence-electron chi connectivity index (χ3n) is 4.29. The summed E-state index contributed by atoms with van der Waals surface area (Å²) in [4.78, 5) is 12.0. The molecule has 0 saturated heterocycles. The molecule has 2 atom stereocenters. The summed E-state index contributed by atoms with van der Waals surface area (Å²) in [7, 11) is 0. The summed E-state index contributed by atoms with van der Waals surface area (Å²) in [5.41, 5.74) is 5.61. The van der Waals surface area contributed by atoms with Gasteiger partial charge < -0.3 is 10.5 Å². The fraction of sp³-hybridized carbons (Fsp3) is 0.923. The minimum absolute atomic E-state index is 0.00287. The van der Waals surface area contributed by atoms with E-state index in [4.69, 9.17) is 10.5 Å². The highest BCUT2D eigenvalue weighted by atomic mass is 16.6. The quantitative estimate of drug-likeness (QED) is 0.732. The van der Waals surface area contributed by atoms with Gasteiger partial charge in [0.1, 0.15) is 5.60 Å². The number of nitrogens with two attached hydrogens (primary N) is 1. The lowest BCUT2D eigenvalue weighted by molar-refractivity contribution is -0.190. The van der Waals surface area contributed by atoms with Crippen LogP contribution in [0.15, 0.2) is 0 Å². The van der Waals surface area contributed by atoms with Gasteiger partial charge in [-0.15, -0.1) is 0 Å². The van der Waals surface area contributed by atoms with Crippen LogP contribution in [0.5, 0.6) is 0 Å². The molecule has 2 N–H and O–H groups in total. The number of carbonyl (C=O) groups excluding carboxylic acids is 1. The van der Waals surface area contributed by atoms with Crippen molar-refractivity contribution in [3.63, 3.8) is 0 Å². The summed E-state index contributed by atoms with van der Waals surface area (Å²) < 4.78 is 5.49. The Morgan fingerprint density at radius 1 is 1.44 bits per heavy atom. The summed E-state index contributed by atoms with van der Waals surface area (Å²) in [6.45, 7) is 6.51. The van der Waals surface area contributed by atoms with Gasteiger partial charge >= 0.3 is 5.97 Å². The van der Waals surface area contributed by atoms with Gasteiger partial charge in [0, 0.05) is 0 Å². The molecule has 16 heavy (non-hydrogen) atoms. The van der Waals surface area contributed by atoms with Crippen molar-refractivity contribution in [2.75, 3.05) is 6.54 Å². The Morgan fingerprint density at radius 3 is 2.44 bits per heavy atom. The first-order valence-electron chi connectivity index (χ1n) is 6.32. The van der Waals surface area contributed by atoms with Crippen LogP contribution in [0.2, 0.25) is 0 Å². The van der Waals surface area contributed by atoms with E-state index in [1.165, 1.54) is 19.3 Å². The van der Waals surface area contributed by atoms with Crippen LogP contribution in [-0.2, 0) is 9.53 Å². The van der Waals surface area contributed by atoms with Gasteiger partial charge in [0.15, 0.2) is 0 Å². The molecule has 0 aromatic carbocycles. The maximum absolute atomic E-state index is 12.0. The number of ether oxygens (including phenoxy) is 1. The second-order valence-electron chi connectivity index (χ2n) is 6.34. The first kappa shape index (κ1) is 11.9. The first-order valence-corrected chi connectivity index (χ1v) is 6.32. The molecule has 2 saturated carbocycles. The highest BCUT2D eigenvalue weighted by Gasteiger charge is 2.60. The van der Waals surface area contributed by atoms with Gasteiger partial charge in [-0.25, -0.2) is 0 Å². The van der Waals surface area contributed by atoms with E-state index in [1.807, 2.05) is 20.8 Å². The Bertz CT molecular complexity index is 289. The molecule has 2 aliphatic rings. The Kier molecular flexibility index (Phi) is 2.77. The second kappa shape index (κ2) is 3.73. The Balaban J connectivity index is 1.99. The van der Waals surface area contributed by atoms with Crippen LogP contribution in [-0.4, -0.2) is 18.1 Å². The van der Waals surface area contributed by atoms with Crippen LogP contribution in [0, 0.1) is 17.3 Å². The maximum Gasteiger partial charge on any atom is 0.310 e. The molecule has 0 heterocycles. The fourth-order valence-electron chi connectivity index (χ4n) is 3.25. The lowest BCUT2D eigenvalue weighted by atomic mass is 9.44. The standard InChI is InChI=1S/C13H23NO2/c1-12(2,3)16-11(15)10-7-9(8-14)13(10)5-4-6-13/h9-10H,4-8,14H2,1-3H3. The first-order chi connectivity index (χ1) is 7.39. The Morgan fingerprint density at radius 2 is 2.06 bits per heavy atom. The topological polar surface area (TPSA) is 52.3 Å². The van der Waals surface area contributed by atoms with E-state index < -0.39 is 0 Å². The van der Waals surface area contributed by atoms with Gasteiger partial charge in [0.25, 0.3) is 0 Å². The summed E-state index contributed by atoms with van der Waals surface area (Å²) in [5.74, 6) is 0.671. The summed E-state index contributed by atoms with van der Waals surface area (Å²) >= 11 is 0. The molecule has 1 spiro atoms. The lowest BCUT2D eigenvalue weighted by Gasteiger charge is -2.60. The predicted octanol–water partition coefficient (Wildman–Crippen LogP) is 2.09. The highest BCUT2D eigenvalue weighted by molar-refractivity contribution is 5.75. The third-order valence-corrected chi connectivity index (χ3v) is 4.29. The molecule has 2 fully saturated rings. The largest absolute Gasteiger partial charge is 0.460 e. The number of hydrogen-bond donors (Lipinski definition) is 1. The van der Waals surface area contributed by atoms with E-state index in [0.29, 0.717) is 5.92 Å². The maximum atomic E-state index is 12.0.